The van der Waals surface area contributed by atoms with E-state index in [0.29, 0.717) is 19.3 Å². The number of ketones is 1. The minimum Gasteiger partial charge on any atom is -0.511 e. The van der Waals surface area contributed by atoms with Gasteiger partial charge in [0.15, 0.2) is 6.10 Å². The van der Waals surface area contributed by atoms with Crippen molar-refractivity contribution in [3.8, 4) is 0 Å². The van der Waals surface area contributed by atoms with Crippen LogP contribution in [-0.4, -0.2) is 23.0 Å². The Morgan fingerprint density at radius 2 is 1.63 bits per heavy atom. The van der Waals surface area contributed by atoms with Gasteiger partial charge in [-0.1, -0.05) is 82.3 Å². The van der Waals surface area contributed by atoms with Crippen LogP contribution in [0.4, 0.5) is 0 Å². The molecule has 0 aromatic heterocycles. The lowest BCUT2D eigenvalue weighted by Gasteiger charge is -2.19. The molecule has 1 saturated heterocycles. The van der Waals surface area contributed by atoms with Gasteiger partial charge in [-0.05, 0) is 41.4 Å². The lowest BCUT2D eigenvalue weighted by atomic mass is 9.86. The van der Waals surface area contributed by atoms with Gasteiger partial charge < -0.3 is 9.84 Å². The highest BCUT2D eigenvalue weighted by atomic mass is 16.6. The van der Waals surface area contributed by atoms with Crippen LogP contribution >= 0.6 is 0 Å². The van der Waals surface area contributed by atoms with Gasteiger partial charge in [0.05, 0.1) is 0 Å². The lowest BCUT2D eigenvalue weighted by Crippen LogP contribution is -2.19. The number of cyclic esters (lactones) is 1. The number of aliphatic hydroxyl groups is 1. The number of aryl methyl sites for hydroxylation is 1. The summed E-state index contributed by atoms with van der Waals surface area (Å²) in [4.78, 5) is 25.0. The molecule has 158 valence electrons. The first-order valence-electron chi connectivity index (χ1n) is 10.5. The van der Waals surface area contributed by atoms with E-state index in [1.807, 2.05) is 49.4 Å². The molecule has 0 saturated carbocycles. The van der Waals surface area contributed by atoms with Gasteiger partial charge in [0.2, 0.25) is 5.78 Å². The van der Waals surface area contributed by atoms with Gasteiger partial charge in [0, 0.05) is 5.92 Å². The number of aliphatic hydroxyl groups excluding tert-OH is 1. The number of hydrogen-bond acceptors (Lipinski definition) is 4. The third kappa shape index (κ3) is 4.99. The van der Waals surface area contributed by atoms with Gasteiger partial charge in [-0.25, -0.2) is 4.79 Å². The third-order valence-electron chi connectivity index (χ3n) is 5.62. The second-order valence-corrected chi connectivity index (χ2v) is 9.09. The Balaban J connectivity index is 1.68. The zero-order chi connectivity index (χ0) is 21.9. The summed E-state index contributed by atoms with van der Waals surface area (Å²) in [6, 6.07) is 18.0. The van der Waals surface area contributed by atoms with E-state index in [1.54, 1.807) is 0 Å². The average Bonchev–Trinajstić information content (AvgIpc) is 2.99. The fraction of sp³-hybridized carbons (Fsp3) is 0.385. The molecule has 2 aromatic rings. The van der Waals surface area contributed by atoms with Crippen molar-refractivity contribution in [2.75, 3.05) is 0 Å². The Morgan fingerprint density at radius 1 is 1.00 bits per heavy atom. The zero-order valence-corrected chi connectivity index (χ0v) is 18.1. The number of hydrogen-bond donors (Lipinski definition) is 1. The van der Waals surface area contributed by atoms with Crippen LogP contribution < -0.4 is 0 Å². The van der Waals surface area contributed by atoms with Crippen molar-refractivity contribution in [1.29, 1.82) is 0 Å². The molecule has 4 heteroatoms. The number of allylic oxidation sites excluding steroid dienone is 1. The number of Topliss-reactive ketones (excluding diaryl/α,β-unsaturated/α-hetero) is 1. The second kappa shape index (κ2) is 8.86. The second-order valence-electron chi connectivity index (χ2n) is 9.09. The molecule has 0 aliphatic carbocycles. The van der Waals surface area contributed by atoms with E-state index in [4.69, 9.17) is 4.74 Å². The Morgan fingerprint density at radius 3 is 2.23 bits per heavy atom. The predicted octanol–water partition coefficient (Wildman–Crippen LogP) is 5.10. The maximum atomic E-state index is 12.7. The van der Waals surface area contributed by atoms with Crippen molar-refractivity contribution in [2.24, 2.45) is 5.92 Å². The predicted molar refractivity (Wildman–Crippen MR) is 117 cm³/mol. The molecule has 1 heterocycles. The van der Waals surface area contributed by atoms with Crippen molar-refractivity contribution < 1.29 is 19.4 Å². The Labute approximate surface area is 178 Å². The van der Waals surface area contributed by atoms with Gasteiger partial charge in [-0.3, -0.25) is 4.79 Å². The fourth-order valence-electron chi connectivity index (χ4n) is 3.70. The number of rotatable bonds is 6. The highest BCUT2D eigenvalue weighted by Crippen LogP contribution is 2.28. The Bertz CT molecular complexity index is 933. The molecule has 1 fully saturated rings. The first kappa shape index (κ1) is 21.8. The topological polar surface area (TPSA) is 63.6 Å². The first-order chi connectivity index (χ1) is 14.2. The quantitative estimate of drug-likeness (QED) is 0.314. The maximum Gasteiger partial charge on any atom is 0.346 e. The molecule has 0 spiro atoms. The highest BCUT2D eigenvalue weighted by molar-refractivity contribution is 6.23. The summed E-state index contributed by atoms with van der Waals surface area (Å²) in [6.45, 7) is 8.29. The van der Waals surface area contributed by atoms with Crippen molar-refractivity contribution in [2.45, 2.75) is 58.5 Å². The Hall–Kier alpha value is -2.88. The summed E-state index contributed by atoms with van der Waals surface area (Å²) >= 11 is 0. The van der Waals surface area contributed by atoms with Gasteiger partial charge in [-0.2, -0.15) is 0 Å². The van der Waals surface area contributed by atoms with E-state index in [1.165, 1.54) is 5.56 Å². The van der Waals surface area contributed by atoms with Crippen LogP contribution in [0.25, 0.3) is 0 Å². The summed E-state index contributed by atoms with van der Waals surface area (Å²) in [6.07, 6.45) is 0.755. The van der Waals surface area contributed by atoms with Crippen LogP contribution in [0.15, 0.2) is 65.9 Å². The van der Waals surface area contributed by atoms with Gasteiger partial charge in [0.25, 0.3) is 0 Å². The van der Waals surface area contributed by atoms with Gasteiger partial charge in [-0.15, -0.1) is 0 Å². The van der Waals surface area contributed by atoms with Crippen molar-refractivity contribution in [1.82, 2.24) is 0 Å². The Kier molecular flexibility index (Phi) is 6.45. The van der Waals surface area contributed by atoms with Crippen molar-refractivity contribution >= 4 is 11.8 Å². The standard InChI is InChI=1S/C26H30O4/c1-17(16-19-10-13-20(14-11-19)26(2,3)4)23(27)22-24(28)21(30-25(22)29)15-12-18-8-6-5-7-9-18/h5-11,13-14,17,21,27H,12,15-16H2,1-4H3/t17-,21+/m1/s1. The normalized spacial score (nSPS) is 19.5. The highest BCUT2D eigenvalue weighted by Gasteiger charge is 2.41. The van der Waals surface area contributed by atoms with Crippen LogP contribution in [0, 0.1) is 5.92 Å². The summed E-state index contributed by atoms with van der Waals surface area (Å²) in [5.41, 5.74) is 3.24. The monoisotopic (exact) mass is 406 g/mol. The molecule has 4 nitrogen and oxygen atoms in total. The largest absolute Gasteiger partial charge is 0.511 e. The number of carbonyl (C=O) groups is 2. The van der Waals surface area contributed by atoms with Crippen LogP contribution in [-0.2, 0) is 32.6 Å². The van der Waals surface area contributed by atoms with E-state index >= 15 is 0 Å². The number of benzene rings is 2. The minimum absolute atomic E-state index is 0.0725. The van der Waals surface area contributed by atoms with E-state index < -0.39 is 17.9 Å². The molecule has 0 bridgehead atoms. The van der Waals surface area contributed by atoms with Crippen LogP contribution in [0.3, 0.4) is 0 Å². The molecule has 2 atom stereocenters. The molecule has 0 unspecified atom stereocenters. The lowest BCUT2D eigenvalue weighted by molar-refractivity contribution is -0.141. The molecule has 3 rings (SSSR count). The molecule has 0 radical (unpaired) electrons. The first-order valence-corrected chi connectivity index (χ1v) is 10.5. The summed E-state index contributed by atoms with van der Waals surface area (Å²) < 4.78 is 5.28. The molecule has 0 amide bonds. The maximum absolute atomic E-state index is 12.7. The third-order valence-corrected chi connectivity index (χ3v) is 5.62. The molecule has 1 aliphatic heterocycles. The molecular formula is C26H30O4. The molecular weight excluding hydrogens is 376 g/mol. The fourth-order valence-corrected chi connectivity index (χ4v) is 3.70. The molecule has 30 heavy (non-hydrogen) atoms. The van der Waals surface area contributed by atoms with E-state index in [-0.39, 0.29) is 22.7 Å². The van der Waals surface area contributed by atoms with Crippen molar-refractivity contribution in [3.05, 3.63) is 82.6 Å². The van der Waals surface area contributed by atoms with Gasteiger partial charge in [0.1, 0.15) is 11.3 Å². The number of carbonyl (C=O) groups excluding carboxylic acids is 2. The number of ether oxygens (including phenoxy) is 1. The van der Waals surface area contributed by atoms with Crippen LogP contribution in [0.2, 0.25) is 0 Å². The molecule has 1 aliphatic rings. The molecule has 1 N–H and O–H groups in total. The van der Waals surface area contributed by atoms with Crippen LogP contribution in [0.1, 0.15) is 50.8 Å². The summed E-state index contributed by atoms with van der Waals surface area (Å²) in [5.74, 6) is -1.66. The van der Waals surface area contributed by atoms with Crippen LogP contribution in [0.5, 0.6) is 0 Å². The summed E-state index contributed by atoms with van der Waals surface area (Å²) in [5, 5.41) is 10.7. The van der Waals surface area contributed by atoms with E-state index in [9.17, 15) is 14.7 Å². The zero-order valence-electron chi connectivity index (χ0n) is 18.1. The van der Waals surface area contributed by atoms with Crippen molar-refractivity contribution in [3.63, 3.8) is 0 Å². The summed E-state index contributed by atoms with van der Waals surface area (Å²) in [7, 11) is 0. The molecule has 2 aromatic carbocycles. The SMILES string of the molecule is C[C@H](Cc1ccc(C(C)(C)C)cc1)C(O)=C1C(=O)O[C@@H](CCc2ccccc2)C1=O. The number of esters is 1. The van der Waals surface area contributed by atoms with Gasteiger partial charge >= 0.3 is 5.97 Å². The minimum atomic E-state index is -0.826. The average molecular weight is 407 g/mol. The van der Waals surface area contributed by atoms with E-state index in [0.717, 1.165) is 11.1 Å². The smallest absolute Gasteiger partial charge is 0.346 e. The van der Waals surface area contributed by atoms with E-state index in [2.05, 4.69) is 32.9 Å².